The Labute approximate surface area is 169 Å². The molecule has 0 fully saturated rings. The zero-order valence-corrected chi connectivity index (χ0v) is 17.2. The van der Waals surface area contributed by atoms with Crippen LogP contribution in [0.15, 0.2) is 51.7 Å². The molecule has 1 aromatic heterocycles. The van der Waals surface area contributed by atoms with Crippen LogP contribution in [-0.4, -0.2) is 15.3 Å². The highest BCUT2D eigenvalue weighted by Crippen LogP contribution is 2.46. The lowest BCUT2D eigenvalue weighted by atomic mass is 9.81. The molecule has 5 heteroatoms. The van der Waals surface area contributed by atoms with Gasteiger partial charge in [0.1, 0.15) is 22.5 Å². The van der Waals surface area contributed by atoms with Gasteiger partial charge in [0.15, 0.2) is 11.3 Å². The topological polar surface area (TPSA) is 90.9 Å². The van der Waals surface area contributed by atoms with Crippen molar-refractivity contribution < 1.29 is 19.7 Å². The number of phenolic OH excluding ortho intramolecular Hbond substituents is 3. The number of benzene rings is 2. The Balaban J connectivity index is 2.51. The van der Waals surface area contributed by atoms with Gasteiger partial charge in [-0.2, -0.15) is 0 Å². The summed E-state index contributed by atoms with van der Waals surface area (Å²) in [4.78, 5) is 13.2. The first-order valence-electron chi connectivity index (χ1n) is 9.52. The van der Waals surface area contributed by atoms with Gasteiger partial charge in [0.2, 0.25) is 5.43 Å². The van der Waals surface area contributed by atoms with Crippen molar-refractivity contribution in [3.63, 3.8) is 0 Å². The Kier molecular flexibility index (Phi) is 5.18. The highest BCUT2D eigenvalue weighted by Gasteiger charge is 2.31. The molecule has 0 amide bonds. The van der Waals surface area contributed by atoms with Gasteiger partial charge in [0.05, 0.1) is 5.39 Å². The first-order valence-corrected chi connectivity index (χ1v) is 9.52. The molecule has 0 unspecified atom stereocenters. The number of hydrogen-bond donors (Lipinski definition) is 3. The summed E-state index contributed by atoms with van der Waals surface area (Å²) in [5.74, 6) is -0.599. The number of hydrogen-bond acceptors (Lipinski definition) is 5. The van der Waals surface area contributed by atoms with Crippen LogP contribution in [-0.2, 0) is 11.8 Å². The van der Waals surface area contributed by atoms with E-state index in [2.05, 4.69) is 6.58 Å². The van der Waals surface area contributed by atoms with E-state index in [0.29, 0.717) is 24.0 Å². The second-order valence-corrected chi connectivity index (χ2v) is 8.09. The zero-order valence-electron chi connectivity index (χ0n) is 17.2. The minimum absolute atomic E-state index is 0.00183. The van der Waals surface area contributed by atoms with E-state index in [9.17, 15) is 20.1 Å². The molecule has 3 rings (SSSR count). The molecule has 1 heterocycles. The Morgan fingerprint density at radius 2 is 1.83 bits per heavy atom. The maximum Gasteiger partial charge on any atom is 0.204 e. The first kappa shape index (κ1) is 20.5. The van der Waals surface area contributed by atoms with Crippen LogP contribution in [0, 0.1) is 0 Å². The highest BCUT2D eigenvalue weighted by molar-refractivity contribution is 5.98. The van der Waals surface area contributed by atoms with Crippen LogP contribution in [0.3, 0.4) is 0 Å². The molecule has 3 aromatic rings. The van der Waals surface area contributed by atoms with Crippen molar-refractivity contribution in [2.45, 2.75) is 46.0 Å². The molecule has 152 valence electrons. The Morgan fingerprint density at radius 3 is 2.45 bits per heavy atom. The van der Waals surface area contributed by atoms with Crippen LogP contribution < -0.4 is 5.43 Å². The predicted octanol–water partition coefficient (Wildman–Crippen LogP) is 5.43. The molecule has 0 aliphatic rings. The fraction of sp³-hybridized carbons (Fsp3) is 0.292. The lowest BCUT2D eigenvalue weighted by molar-refractivity contribution is 0.426. The van der Waals surface area contributed by atoms with E-state index in [1.807, 2.05) is 33.8 Å². The van der Waals surface area contributed by atoms with E-state index in [-0.39, 0.29) is 39.2 Å². The third-order valence-electron chi connectivity index (χ3n) is 5.27. The fourth-order valence-corrected chi connectivity index (χ4v) is 3.56. The standard InChI is InChI=1S/C24H26O5/c1-6-24(4,5)18-21(28)14(10-7-9-13(2)3)19(26)17-20(27)15-11-8-12-16(25)22(15)29-23(17)18/h6,8-9,11-12,25-26,28H,1,7,10H2,2-5H3. The SMILES string of the molecule is C=CC(C)(C)c1c(O)c(CCC=C(C)C)c(O)c2c(=O)c3cccc(O)c3oc12. The van der Waals surface area contributed by atoms with E-state index in [4.69, 9.17) is 4.42 Å². The number of allylic oxidation sites excluding steroid dienone is 3. The van der Waals surface area contributed by atoms with E-state index in [1.54, 1.807) is 12.1 Å². The molecule has 29 heavy (non-hydrogen) atoms. The average molecular weight is 394 g/mol. The summed E-state index contributed by atoms with van der Waals surface area (Å²) in [7, 11) is 0. The van der Waals surface area contributed by atoms with E-state index in [0.717, 1.165) is 5.57 Å². The van der Waals surface area contributed by atoms with Crippen molar-refractivity contribution in [2.24, 2.45) is 0 Å². The van der Waals surface area contributed by atoms with Crippen LogP contribution in [0.4, 0.5) is 0 Å². The Hall–Kier alpha value is -3.21. The van der Waals surface area contributed by atoms with E-state index in [1.165, 1.54) is 12.1 Å². The fourth-order valence-electron chi connectivity index (χ4n) is 3.56. The molecule has 3 N–H and O–H groups in total. The van der Waals surface area contributed by atoms with E-state index >= 15 is 0 Å². The minimum atomic E-state index is -0.755. The molecule has 0 bridgehead atoms. The van der Waals surface area contributed by atoms with Gasteiger partial charge in [-0.3, -0.25) is 4.79 Å². The molecular formula is C24H26O5. The van der Waals surface area contributed by atoms with Crippen molar-refractivity contribution in [2.75, 3.05) is 0 Å². The minimum Gasteiger partial charge on any atom is -0.507 e. The summed E-state index contributed by atoms with van der Waals surface area (Å²) in [6.07, 6.45) is 4.61. The van der Waals surface area contributed by atoms with Crippen LogP contribution in [0.25, 0.3) is 21.9 Å². The Morgan fingerprint density at radius 1 is 1.14 bits per heavy atom. The van der Waals surface area contributed by atoms with Crippen LogP contribution in [0.5, 0.6) is 17.2 Å². The van der Waals surface area contributed by atoms with Crippen molar-refractivity contribution >= 4 is 21.9 Å². The number of aromatic hydroxyl groups is 3. The maximum absolute atomic E-state index is 13.2. The number of phenols is 3. The maximum atomic E-state index is 13.2. The summed E-state index contributed by atoms with van der Waals surface area (Å²) in [5, 5.41) is 32.4. The second kappa shape index (κ2) is 7.32. The summed E-state index contributed by atoms with van der Waals surface area (Å²) in [5.41, 5.74) is 0.630. The number of fused-ring (bicyclic) bond motifs is 2. The normalized spacial score (nSPS) is 11.7. The molecule has 0 spiro atoms. The smallest absolute Gasteiger partial charge is 0.204 e. The monoisotopic (exact) mass is 394 g/mol. The summed E-state index contributed by atoms with van der Waals surface area (Å²) < 4.78 is 5.91. The van der Waals surface area contributed by atoms with Gasteiger partial charge in [-0.05, 0) is 38.8 Å². The van der Waals surface area contributed by atoms with Crippen LogP contribution in [0.2, 0.25) is 0 Å². The average Bonchev–Trinajstić information content (AvgIpc) is 2.65. The van der Waals surface area contributed by atoms with Gasteiger partial charge in [-0.1, -0.05) is 37.6 Å². The molecule has 0 radical (unpaired) electrons. The van der Waals surface area contributed by atoms with Gasteiger partial charge >= 0.3 is 0 Å². The Bertz CT molecular complexity index is 1210. The summed E-state index contributed by atoms with van der Waals surface area (Å²) in [6, 6.07) is 4.50. The van der Waals surface area contributed by atoms with Gasteiger partial charge in [-0.15, -0.1) is 6.58 Å². The highest BCUT2D eigenvalue weighted by atomic mass is 16.4. The van der Waals surface area contributed by atoms with Crippen LogP contribution in [0.1, 0.15) is 45.2 Å². The number of rotatable bonds is 5. The van der Waals surface area contributed by atoms with Crippen molar-refractivity contribution in [3.8, 4) is 17.2 Å². The molecule has 0 saturated carbocycles. The zero-order chi connectivity index (χ0) is 21.5. The molecule has 2 aromatic carbocycles. The molecule has 0 aliphatic heterocycles. The van der Waals surface area contributed by atoms with Gasteiger partial charge < -0.3 is 19.7 Å². The molecule has 0 aliphatic carbocycles. The van der Waals surface area contributed by atoms with Gasteiger partial charge in [0, 0.05) is 16.5 Å². The third-order valence-corrected chi connectivity index (χ3v) is 5.27. The lowest BCUT2D eigenvalue weighted by Gasteiger charge is -2.25. The van der Waals surface area contributed by atoms with Crippen molar-refractivity contribution in [1.82, 2.24) is 0 Å². The second-order valence-electron chi connectivity index (χ2n) is 8.09. The van der Waals surface area contributed by atoms with Gasteiger partial charge in [0.25, 0.3) is 0 Å². The van der Waals surface area contributed by atoms with Crippen molar-refractivity contribution in [1.29, 1.82) is 0 Å². The van der Waals surface area contributed by atoms with Gasteiger partial charge in [-0.25, -0.2) is 0 Å². The quantitative estimate of drug-likeness (QED) is 0.397. The molecule has 0 atom stereocenters. The van der Waals surface area contributed by atoms with E-state index < -0.39 is 10.8 Å². The van der Waals surface area contributed by atoms with Crippen molar-refractivity contribution in [3.05, 3.63) is 63.9 Å². The summed E-state index contributed by atoms with van der Waals surface area (Å²) >= 11 is 0. The molecule has 0 saturated heterocycles. The third kappa shape index (κ3) is 3.37. The largest absolute Gasteiger partial charge is 0.507 e. The first-order chi connectivity index (χ1) is 13.6. The molecule has 5 nitrogen and oxygen atoms in total. The molecular weight excluding hydrogens is 368 g/mol. The number of para-hydroxylation sites is 1. The van der Waals surface area contributed by atoms with Crippen LogP contribution >= 0.6 is 0 Å². The lowest BCUT2D eigenvalue weighted by Crippen LogP contribution is -2.17. The summed E-state index contributed by atoms with van der Waals surface area (Å²) in [6.45, 7) is 11.5. The predicted molar refractivity (Wildman–Crippen MR) is 116 cm³/mol.